The van der Waals surface area contributed by atoms with Crippen LogP contribution in [-0.2, 0) is 9.59 Å². The van der Waals surface area contributed by atoms with E-state index in [2.05, 4.69) is 12.1 Å². The third-order valence-electron chi connectivity index (χ3n) is 4.76. The van der Waals surface area contributed by atoms with Gasteiger partial charge in [0.2, 0.25) is 11.8 Å². The molecule has 2 heterocycles. The molecule has 128 valence electrons. The Labute approximate surface area is 142 Å². The maximum absolute atomic E-state index is 12.6. The summed E-state index contributed by atoms with van der Waals surface area (Å²) < 4.78 is 0. The summed E-state index contributed by atoms with van der Waals surface area (Å²) in [6.07, 6.45) is 2.88. The fourth-order valence-corrected chi connectivity index (χ4v) is 3.51. The van der Waals surface area contributed by atoms with E-state index in [0.29, 0.717) is 19.4 Å². The third-order valence-corrected chi connectivity index (χ3v) is 4.76. The van der Waals surface area contributed by atoms with Gasteiger partial charge in [-0.25, -0.2) is 4.79 Å². The second-order valence-electron chi connectivity index (χ2n) is 6.44. The van der Waals surface area contributed by atoms with Crippen molar-refractivity contribution in [2.24, 2.45) is 0 Å². The van der Waals surface area contributed by atoms with Crippen molar-refractivity contribution < 1.29 is 14.4 Å². The molecule has 6 nitrogen and oxygen atoms in total. The molecule has 1 atom stereocenters. The van der Waals surface area contributed by atoms with Gasteiger partial charge < -0.3 is 9.80 Å². The number of carbonyl (C=O) groups excluding carboxylic acids is 3. The molecule has 0 spiro atoms. The number of imide groups is 1. The summed E-state index contributed by atoms with van der Waals surface area (Å²) in [5.41, 5.74) is 1.18. The van der Waals surface area contributed by atoms with Gasteiger partial charge in [-0.2, -0.15) is 0 Å². The normalized spacial score (nSPS) is 21.0. The van der Waals surface area contributed by atoms with Gasteiger partial charge in [-0.1, -0.05) is 30.3 Å². The summed E-state index contributed by atoms with van der Waals surface area (Å²) in [4.78, 5) is 40.7. The Morgan fingerprint density at radius 3 is 2.62 bits per heavy atom. The minimum atomic E-state index is -0.268. The molecule has 24 heavy (non-hydrogen) atoms. The van der Waals surface area contributed by atoms with Gasteiger partial charge in [0.1, 0.15) is 6.54 Å². The quantitative estimate of drug-likeness (QED) is 0.777. The molecule has 6 heteroatoms. The van der Waals surface area contributed by atoms with Crippen LogP contribution in [0.3, 0.4) is 0 Å². The van der Waals surface area contributed by atoms with Crippen molar-refractivity contribution in [3.63, 3.8) is 0 Å². The van der Waals surface area contributed by atoms with Crippen LogP contribution in [0, 0.1) is 0 Å². The predicted molar refractivity (Wildman–Crippen MR) is 89.1 cm³/mol. The highest BCUT2D eigenvalue weighted by Crippen LogP contribution is 2.32. The van der Waals surface area contributed by atoms with Crippen molar-refractivity contribution in [2.45, 2.75) is 31.7 Å². The number of amides is 4. The fraction of sp³-hybridized carbons (Fsp3) is 0.500. The van der Waals surface area contributed by atoms with Crippen molar-refractivity contribution in [3.8, 4) is 0 Å². The van der Waals surface area contributed by atoms with Crippen LogP contribution in [0.5, 0.6) is 0 Å². The minimum Gasteiger partial charge on any atom is -0.336 e. The molecule has 0 aromatic heterocycles. The Bertz CT molecular complexity index is 632. The van der Waals surface area contributed by atoms with E-state index in [9.17, 15) is 14.4 Å². The first-order valence-corrected chi connectivity index (χ1v) is 8.48. The van der Waals surface area contributed by atoms with Crippen molar-refractivity contribution in [1.82, 2.24) is 14.7 Å². The van der Waals surface area contributed by atoms with Crippen LogP contribution < -0.4 is 0 Å². The Morgan fingerprint density at radius 1 is 1.21 bits per heavy atom. The molecule has 2 aliphatic rings. The number of likely N-dealkylation sites (tertiary alicyclic amines) is 1. The predicted octanol–water partition coefficient (Wildman–Crippen LogP) is 2.02. The first-order chi connectivity index (χ1) is 11.6. The number of hydrogen-bond acceptors (Lipinski definition) is 3. The Morgan fingerprint density at radius 2 is 1.96 bits per heavy atom. The lowest BCUT2D eigenvalue weighted by Crippen LogP contribution is -2.34. The van der Waals surface area contributed by atoms with E-state index in [4.69, 9.17) is 0 Å². The van der Waals surface area contributed by atoms with Crippen molar-refractivity contribution in [2.75, 3.05) is 26.7 Å². The maximum atomic E-state index is 12.6. The van der Waals surface area contributed by atoms with Gasteiger partial charge in [0.25, 0.3) is 0 Å². The summed E-state index contributed by atoms with van der Waals surface area (Å²) in [5.74, 6) is -0.0768. The van der Waals surface area contributed by atoms with E-state index in [0.717, 1.165) is 19.4 Å². The monoisotopic (exact) mass is 329 g/mol. The Hall–Kier alpha value is -2.37. The number of benzene rings is 1. The van der Waals surface area contributed by atoms with Crippen LogP contribution in [0.2, 0.25) is 0 Å². The molecule has 1 aromatic carbocycles. The molecule has 0 unspecified atom stereocenters. The smallest absolute Gasteiger partial charge is 0.326 e. The second kappa shape index (κ2) is 7.03. The number of likely N-dealkylation sites (N-methyl/N-ethyl adjacent to an activating group) is 1. The highest BCUT2D eigenvalue weighted by Gasteiger charge is 2.34. The first kappa shape index (κ1) is 16.5. The molecule has 0 bridgehead atoms. The van der Waals surface area contributed by atoms with Gasteiger partial charge in [-0.15, -0.1) is 0 Å². The van der Waals surface area contributed by atoms with Gasteiger partial charge in [0, 0.05) is 26.6 Å². The molecule has 2 aliphatic heterocycles. The molecule has 4 amide bonds. The first-order valence-electron chi connectivity index (χ1n) is 8.48. The Kier molecular flexibility index (Phi) is 4.83. The highest BCUT2D eigenvalue weighted by atomic mass is 16.2. The van der Waals surface area contributed by atoms with Gasteiger partial charge in [0.15, 0.2) is 0 Å². The number of rotatable bonds is 5. The Balaban J connectivity index is 1.53. The summed E-state index contributed by atoms with van der Waals surface area (Å²) in [6, 6.07) is 9.98. The number of nitrogens with zero attached hydrogens (tertiary/aromatic N) is 3. The largest absolute Gasteiger partial charge is 0.336 e. The van der Waals surface area contributed by atoms with E-state index in [1.54, 1.807) is 7.05 Å². The molecular weight excluding hydrogens is 306 g/mol. The van der Waals surface area contributed by atoms with Gasteiger partial charge in [-0.3, -0.25) is 14.5 Å². The van der Waals surface area contributed by atoms with E-state index < -0.39 is 0 Å². The van der Waals surface area contributed by atoms with Crippen LogP contribution in [-0.4, -0.2) is 59.2 Å². The standard InChI is InChI=1S/C18H23N3O3/c1-19-13-17(23)21(18(19)24)12-6-10-16(22)20-11-5-9-15(20)14-7-3-2-4-8-14/h2-4,7-8,15H,5-6,9-13H2,1H3/t15-/m1/s1. The van der Waals surface area contributed by atoms with Crippen molar-refractivity contribution in [3.05, 3.63) is 35.9 Å². The van der Waals surface area contributed by atoms with E-state index >= 15 is 0 Å². The lowest BCUT2D eigenvalue weighted by molar-refractivity contribution is -0.133. The highest BCUT2D eigenvalue weighted by molar-refractivity contribution is 6.01. The summed E-state index contributed by atoms with van der Waals surface area (Å²) >= 11 is 0. The zero-order chi connectivity index (χ0) is 17.1. The molecule has 1 aromatic rings. The van der Waals surface area contributed by atoms with E-state index in [-0.39, 0.29) is 30.4 Å². The van der Waals surface area contributed by atoms with Crippen LogP contribution in [0.15, 0.2) is 30.3 Å². The second-order valence-corrected chi connectivity index (χ2v) is 6.44. The zero-order valence-corrected chi connectivity index (χ0v) is 14.0. The van der Waals surface area contributed by atoms with Crippen molar-refractivity contribution in [1.29, 1.82) is 0 Å². The van der Waals surface area contributed by atoms with Crippen LogP contribution in [0.4, 0.5) is 4.79 Å². The molecular formula is C18H23N3O3. The lowest BCUT2D eigenvalue weighted by atomic mass is 10.0. The average molecular weight is 329 g/mol. The van der Waals surface area contributed by atoms with Gasteiger partial charge >= 0.3 is 6.03 Å². The SMILES string of the molecule is CN1CC(=O)N(CCCC(=O)N2CCC[C@@H]2c2ccccc2)C1=O. The lowest BCUT2D eigenvalue weighted by Gasteiger charge is -2.25. The zero-order valence-electron chi connectivity index (χ0n) is 14.0. The molecule has 2 saturated heterocycles. The van der Waals surface area contributed by atoms with E-state index in [1.165, 1.54) is 15.4 Å². The van der Waals surface area contributed by atoms with Gasteiger partial charge in [0.05, 0.1) is 6.04 Å². The topological polar surface area (TPSA) is 60.9 Å². The van der Waals surface area contributed by atoms with Crippen LogP contribution in [0.1, 0.15) is 37.3 Å². The summed E-state index contributed by atoms with van der Waals surface area (Å²) in [6.45, 7) is 1.23. The number of carbonyl (C=O) groups is 3. The molecule has 0 radical (unpaired) electrons. The molecule has 3 rings (SSSR count). The summed E-state index contributed by atoms with van der Waals surface area (Å²) in [7, 11) is 1.61. The summed E-state index contributed by atoms with van der Waals surface area (Å²) in [5, 5.41) is 0. The molecule has 2 fully saturated rings. The van der Waals surface area contributed by atoms with Crippen LogP contribution >= 0.6 is 0 Å². The molecule has 0 N–H and O–H groups in total. The number of hydrogen-bond donors (Lipinski definition) is 0. The third kappa shape index (κ3) is 3.27. The van der Waals surface area contributed by atoms with E-state index in [1.807, 2.05) is 23.1 Å². The molecule has 0 aliphatic carbocycles. The fourth-order valence-electron chi connectivity index (χ4n) is 3.51. The maximum Gasteiger partial charge on any atom is 0.326 e. The number of urea groups is 1. The molecule has 0 saturated carbocycles. The minimum absolute atomic E-state index is 0.105. The van der Waals surface area contributed by atoms with Crippen molar-refractivity contribution >= 4 is 17.8 Å². The van der Waals surface area contributed by atoms with Gasteiger partial charge in [-0.05, 0) is 24.8 Å². The average Bonchev–Trinajstić information content (AvgIpc) is 3.16. The van der Waals surface area contributed by atoms with Crippen LogP contribution in [0.25, 0.3) is 0 Å².